The van der Waals surface area contributed by atoms with E-state index >= 15 is 0 Å². The van der Waals surface area contributed by atoms with E-state index in [0.29, 0.717) is 0 Å². The highest BCUT2D eigenvalue weighted by Crippen LogP contribution is 2.61. The van der Waals surface area contributed by atoms with Crippen molar-refractivity contribution in [2.24, 2.45) is 34.5 Å². The third-order valence-corrected chi connectivity index (χ3v) is 6.31. The Kier molecular flexibility index (Phi) is 3.50. The molecule has 1 aliphatic heterocycles. The number of allylic oxidation sites excluding steroid dienone is 2. The molecule has 2 saturated carbocycles. The number of nitrogens with zero attached hydrogens (tertiary/aromatic N) is 1. The first-order valence-corrected chi connectivity index (χ1v) is 9.14. The summed E-state index contributed by atoms with van der Waals surface area (Å²) in [7, 11) is 0. The van der Waals surface area contributed by atoms with Crippen LogP contribution in [0, 0.1) is 34.5 Å². The van der Waals surface area contributed by atoms with Crippen molar-refractivity contribution in [3.8, 4) is 0 Å². The van der Waals surface area contributed by atoms with Gasteiger partial charge in [-0.2, -0.15) is 0 Å². The number of hydrogen-bond donors (Lipinski definition) is 0. The summed E-state index contributed by atoms with van der Waals surface area (Å²) in [5.41, 5.74) is 4.06. The van der Waals surface area contributed by atoms with Gasteiger partial charge >= 0.3 is 0 Å². The van der Waals surface area contributed by atoms with E-state index in [0.717, 1.165) is 23.7 Å². The van der Waals surface area contributed by atoms with Crippen LogP contribution in [0.1, 0.15) is 67.7 Å². The molecule has 21 heavy (non-hydrogen) atoms. The predicted octanol–water partition coefficient (Wildman–Crippen LogP) is 5.33. The summed E-state index contributed by atoms with van der Waals surface area (Å²) in [6.07, 6.45) is 4.53. The third kappa shape index (κ3) is 2.35. The second-order valence-electron chi connectivity index (χ2n) is 9.82. The Morgan fingerprint density at radius 2 is 1.57 bits per heavy atom. The number of likely N-dealkylation sites (tertiary alicyclic amines) is 1. The second kappa shape index (κ2) is 4.77. The molecule has 0 aromatic heterocycles. The van der Waals surface area contributed by atoms with Gasteiger partial charge in [0.15, 0.2) is 0 Å². The van der Waals surface area contributed by atoms with E-state index in [2.05, 4.69) is 53.4 Å². The van der Waals surface area contributed by atoms with Crippen LogP contribution in [0.15, 0.2) is 11.3 Å². The van der Waals surface area contributed by atoms with E-state index in [9.17, 15) is 0 Å². The van der Waals surface area contributed by atoms with E-state index in [-0.39, 0.29) is 10.8 Å². The number of rotatable bonds is 1. The molecule has 0 amide bonds. The lowest BCUT2D eigenvalue weighted by Crippen LogP contribution is -2.31. The molecule has 1 nitrogen and oxygen atoms in total. The van der Waals surface area contributed by atoms with Gasteiger partial charge in [0.1, 0.15) is 0 Å². The maximum atomic E-state index is 2.76. The van der Waals surface area contributed by atoms with E-state index in [1.165, 1.54) is 32.4 Å². The lowest BCUT2D eigenvalue weighted by molar-refractivity contribution is 0.283. The molecule has 0 aromatic carbocycles. The fourth-order valence-electron chi connectivity index (χ4n) is 6.18. The fraction of sp³-hybridized carbons (Fsp3) is 0.900. The monoisotopic (exact) mass is 289 g/mol. The Morgan fingerprint density at radius 3 is 2.10 bits per heavy atom. The van der Waals surface area contributed by atoms with Gasteiger partial charge in [-0.05, 0) is 60.3 Å². The highest BCUT2D eigenvalue weighted by molar-refractivity contribution is 5.32. The molecule has 0 aromatic rings. The third-order valence-electron chi connectivity index (χ3n) is 6.31. The minimum atomic E-state index is 0.276. The topological polar surface area (TPSA) is 3.24 Å². The smallest absolute Gasteiger partial charge is 0.0212 e. The molecule has 3 fully saturated rings. The standard InChI is InChI=1S/C20H35N/c1-8-21-12-15-13-9-10-14(11-13)16(15)17(21)18(19(2,3)4)20(5,6)7/h13-16H,8-12H2,1-7H3/t13-,14+,15+,16-/m0/s1. The van der Waals surface area contributed by atoms with Crippen LogP contribution in [0.4, 0.5) is 0 Å². The molecule has 0 unspecified atom stereocenters. The Balaban J connectivity index is 2.13. The minimum absolute atomic E-state index is 0.276. The van der Waals surface area contributed by atoms with Gasteiger partial charge in [-0.25, -0.2) is 0 Å². The quantitative estimate of drug-likeness (QED) is 0.630. The summed E-state index contributed by atoms with van der Waals surface area (Å²) in [5.74, 6) is 3.88. The molecule has 3 aliphatic rings. The van der Waals surface area contributed by atoms with Crippen molar-refractivity contribution in [1.82, 2.24) is 4.90 Å². The Morgan fingerprint density at radius 1 is 1.00 bits per heavy atom. The van der Waals surface area contributed by atoms with Crippen molar-refractivity contribution in [1.29, 1.82) is 0 Å². The first-order valence-electron chi connectivity index (χ1n) is 9.14. The lowest BCUT2D eigenvalue weighted by Gasteiger charge is -2.40. The van der Waals surface area contributed by atoms with Crippen molar-refractivity contribution in [2.75, 3.05) is 13.1 Å². The zero-order chi connectivity index (χ0) is 15.6. The van der Waals surface area contributed by atoms with E-state index < -0.39 is 0 Å². The first-order chi connectivity index (χ1) is 9.64. The van der Waals surface area contributed by atoms with Crippen molar-refractivity contribution in [3.05, 3.63) is 11.3 Å². The predicted molar refractivity (Wildman–Crippen MR) is 91.0 cm³/mol. The Labute approximate surface area is 132 Å². The summed E-state index contributed by atoms with van der Waals surface area (Å²) >= 11 is 0. The van der Waals surface area contributed by atoms with Gasteiger partial charge in [0.05, 0.1) is 0 Å². The molecule has 2 bridgehead atoms. The maximum absolute atomic E-state index is 2.76. The molecule has 0 spiro atoms. The Bertz CT molecular complexity index is 429. The summed E-state index contributed by atoms with van der Waals surface area (Å²) in [5, 5.41) is 0. The van der Waals surface area contributed by atoms with Crippen LogP contribution in [0.2, 0.25) is 0 Å². The molecule has 0 radical (unpaired) electrons. The first kappa shape index (κ1) is 15.4. The second-order valence-corrected chi connectivity index (χ2v) is 9.82. The summed E-state index contributed by atoms with van der Waals surface area (Å²) in [6.45, 7) is 19.4. The number of hydrogen-bond acceptors (Lipinski definition) is 1. The molecule has 1 saturated heterocycles. The molecule has 1 heteroatoms. The lowest BCUT2D eigenvalue weighted by atomic mass is 9.67. The maximum Gasteiger partial charge on any atom is 0.0212 e. The van der Waals surface area contributed by atoms with Gasteiger partial charge in [0.25, 0.3) is 0 Å². The zero-order valence-corrected chi connectivity index (χ0v) is 15.3. The molecule has 4 atom stereocenters. The van der Waals surface area contributed by atoms with Gasteiger partial charge in [-0.1, -0.05) is 41.5 Å². The molecule has 2 aliphatic carbocycles. The van der Waals surface area contributed by atoms with Crippen LogP contribution in [0.25, 0.3) is 0 Å². The van der Waals surface area contributed by atoms with Gasteiger partial charge in [-0.3, -0.25) is 0 Å². The van der Waals surface area contributed by atoms with Gasteiger partial charge in [0.2, 0.25) is 0 Å². The summed E-state index contributed by atoms with van der Waals surface area (Å²) in [4.78, 5) is 2.76. The average molecular weight is 290 g/mol. The van der Waals surface area contributed by atoms with Gasteiger partial charge in [-0.15, -0.1) is 0 Å². The molecule has 1 heterocycles. The van der Waals surface area contributed by atoms with E-state index in [1.807, 2.05) is 0 Å². The van der Waals surface area contributed by atoms with E-state index in [1.54, 1.807) is 11.3 Å². The zero-order valence-electron chi connectivity index (χ0n) is 15.3. The summed E-state index contributed by atoms with van der Waals surface area (Å²) in [6, 6.07) is 0. The van der Waals surface area contributed by atoms with Crippen molar-refractivity contribution in [3.63, 3.8) is 0 Å². The highest BCUT2D eigenvalue weighted by Gasteiger charge is 2.55. The van der Waals surface area contributed by atoms with Crippen molar-refractivity contribution < 1.29 is 0 Å². The van der Waals surface area contributed by atoms with Crippen LogP contribution in [-0.2, 0) is 0 Å². The average Bonchev–Trinajstić information content (AvgIpc) is 2.96. The number of fused-ring (bicyclic) bond motifs is 5. The van der Waals surface area contributed by atoms with Crippen molar-refractivity contribution >= 4 is 0 Å². The normalized spacial score (nSPS) is 35.6. The molecular weight excluding hydrogens is 254 g/mol. The van der Waals surface area contributed by atoms with Gasteiger partial charge < -0.3 is 4.90 Å². The highest BCUT2D eigenvalue weighted by atomic mass is 15.2. The van der Waals surface area contributed by atoms with E-state index in [4.69, 9.17) is 0 Å². The van der Waals surface area contributed by atoms with Crippen LogP contribution >= 0.6 is 0 Å². The molecule has 0 N–H and O–H groups in total. The summed E-state index contributed by atoms with van der Waals surface area (Å²) < 4.78 is 0. The SMILES string of the molecule is CCN1C[C@@H]2[C@H]3CC[C@H](C3)[C@@H]2C1=C(C(C)(C)C)C(C)(C)C. The van der Waals surface area contributed by atoms with Crippen molar-refractivity contribution in [2.45, 2.75) is 67.7 Å². The Hall–Kier alpha value is -0.460. The molecule has 3 rings (SSSR count). The van der Waals surface area contributed by atoms with Crippen LogP contribution in [0.3, 0.4) is 0 Å². The minimum Gasteiger partial charge on any atom is -0.375 e. The fourth-order valence-corrected chi connectivity index (χ4v) is 6.18. The largest absolute Gasteiger partial charge is 0.375 e. The van der Waals surface area contributed by atoms with Gasteiger partial charge in [0, 0.05) is 24.7 Å². The molecular formula is C20H35N. The van der Waals surface area contributed by atoms with Crippen LogP contribution in [-0.4, -0.2) is 18.0 Å². The van der Waals surface area contributed by atoms with Crippen LogP contribution < -0.4 is 0 Å². The molecule has 120 valence electrons. The van der Waals surface area contributed by atoms with Crippen LogP contribution in [0.5, 0.6) is 0 Å².